The lowest BCUT2D eigenvalue weighted by Gasteiger charge is -2.20. The van der Waals surface area contributed by atoms with Crippen molar-refractivity contribution in [1.82, 2.24) is 20.1 Å². The number of nitrogens with one attached hydrogen (secondary N) is 1. The number of carbonyl (C=O) groups excluding carboxylic acids is 1. The fraction of sp³-hybridized carbons (Fsp3) is 0.471. The first kappa shape index (κ1) is 16.1. The van der Waals surface area contributed by atoms with E-state index < -0.39 is 0 Å². The van der Waals surface area contributed by atoms with Crippen LogP contribution in [-0.2, 0) is 24.7 Å². The van der Waals surface area contributed by atoms with Crippen molar-refractivity contribution in [3.05, 3.63) is 41.2 Å². The van der Waals surface area contributed by atoms with Crippen molar-refractivity contribution < 1.29 is 4.79 Å². The van der Waals surface area contributed by atoms with E-state index in [9.17, 15) is 4.79 Å². The Morgan fingerprint density at radius 2 is 2.13 bits per heavy atom. The fourth-order valence-corrected chi connectivity index (χ4v) is 3.62. The number of rotatable bonds is 5. The van der Waals surface area contributed by atoms with E-state index in [2.05, 4.69) is 33.7 Å². The van der Waals surface area contributed by atoms with Crippen LogP contribution in [0.4, 0.5) is 0 Å². The molecule has 0 bridgehead atoms. The van der Waals surface area contributed by atoms with Crippen molar-refractivity contribution in [3.63, 3.8) is 0 Å². The molecular weight excluding hydrogens is 308 g/mol. The molecule has 0 radical (unpaired) electrons. The standard InChI is InChI=1S/C17H22N4OS/c1-12(14-8-7-13-5-3-4-6-15(13)9-14)19-16(22)10-23-17-20-18-11-21(17)2/h7-9,11-12H,3-6,10H2,1-2H3,(H,19,22). The van der Waals surface area contributed by atoms with Gasteiger partial charge in [-0.1, -0.05) is 30.0 Å². The molecule has 122 valence electrons. The van der Waals surface area contributed by atoms with Gasteiger partial charge >= 0.3 is 0 Å². The van der Waals surface area contributed by atoms with Gasteiger partial charge in [0.2, 0.25) is 5.91 Å². The number of amides is 1. The zero-order valence-corrected chi connectivity index (χ0v) is 14.4. The Morgan fingerprint density at radius 1 is 1.35 bits per heavy atom. The first-order valence-corrected chi connectivity index (χ1v) is 9.00. The molecule has 1 N–H and O–H groups in total. The van der Waals surface area contributed by atoms with Gasteiger partial charge in [-0.3, -0.25) is 4.79 Å². The van der Waals surface area contributed by atoms with Crippen LogP contribution in [0.25, 0.3) is 0 Å². The van der Waals surface area contributed by atoms with Crippen LogP contribution in [-0.4, -0.2) is 26.4 Å². The summed E-state index contributed by atoms with van der Waals surface area (Å²) in [5, 5.41) is 11.6. The lowest BCUT2D eigenvalue weighted by molar-refractivity contribution is -0.119. The Labute approximate surface area is 140 Å². The van der Waals surface area contributed by atoms with Crippen molar-refractivity contribution in [2.45, 2.75) is 43.8 Å². The van der Waals surface area contributed by atoms with Gasteiger partial charge < -0.3 is 9.88 Å². The summed E-state index contributed by atoms with van der Waals surface area (Å²) in [6, 6.07) is 6.65. The van der Waals surface area contributed by atoms with Crippen molar-refractivity contribution in [1.29, 1.82) is 0 Å². The lowest BCUT2D eigenvalue weighted by atomic mass is 9.89. The maximum Gasteiger partial charge on any atom is 0.230 e. The maximum absolute atomic E-state index is 12.1. The van der Waals surface area contributed by atoms with Crippen molar-refractivity contribution in [2.75, 3.05) is 5.75 Å². The molecule has 1 aromatic heterocycles. The summed E-state index contributed by atoms with van der Waals surface area (Å²) in [5.41, 5.74) is 4.10. The summed E-state index contributed by atoms with van der Waals surface area (Å²) in [6.45, 7) is 2.04. The monoisotopic (exact) mass is 330 g/mol. The minimum atomic E-state index is 0.0169. The van der Waals surface area contributed by atoms with E-state index in [1.807, 2.05) is 18.5 Å². The van der Waals surface area contributed by atoms with Crippen LogP contribution >= 0.6 is 11.8 Å². The van der Waals surface area contributed by atoms with Crippen LogP contribution in [0.1, 0.15) is 42.5 Å². The van der Waals surface area contributed by atoms with Gasteiger partial charge in [0.05, 0.1) is 11.8 Å². The molecule has 1 amide bonds. The fourth-order valence-electron chi connectivity index (χ4n) is 2.92. The quantitative estimate of drug-likeness (QED) is 0.856. The Morgan fingerprint density at radius 3 is 2.87 bits per heavy atom. The van der Waals surface area contributed by atoms with Crippen LogP contribution in [0.3, 0.4) is 0 Å². The highest BCUT2D eigenvalue weighted by molar-refractivity contribution is 7.99. The number of aromatic nitrogens is 3. The summed E-state index contributed by atoms with van der Waals surface area (Å²) < 4.78 is 1.81. The zero-order chi connectivity index (χ0) is 16.2. The minimum Gasteiger partial charge on any atom is -0.349 e. The van der Waals surface area contributed by atoms with Gasteiger partial charge in [0.25, 0.3) is 0 Å². The van der Waals surface area contributed by atoms with E-state index >= 15 is 0 Å². The second-order valence-electron chi connectivity index (χ2n) is 6.04. The third-order valence-electron chi connectivity index (χ3n) is 4.25. The highest BCUT2D eigenvalue weighted by Gasteiger charge is 2.14. The van der Waals surface area contributed by atoms with Gasteiger partial charge in [-0.15, -0.1) is 10.2 Å². The van der Waals surface area contributed by atoms with E-state index in [-0.39, 0.29) is 11.9 Å². The summed E-state index contributed by atoms with van der Waals surface area (Å²) >= 11 is 1.40. The number of benzene rings is 1. The summed E-state index contributed by atoms with van der Waals surface area (Å²) in [7, 11) is 1.87. The van der Waals surface area contributed by atoms with E-state index in [0.29, 0.717) is 5.75 Å². The molecule has 1 heterocycles. The Kier molecular flexibility index (Phi) is 5.00. The van der Waals surface area contributed by atoms with Crippen LogP contribution in [0.5, 0.6) is 0 Å². The van der Waals surface area contributed by atoms with Crippen molar-refractivity contribution in [3.8, 4) is 0 Å². The van der Waals surface area contributed by atoms with E-state index in [4.69, 9.17) is 0 Å². The van der Waals surface area contributed by atoms with E-state index in [1.165, 1.54) is 47.7 Å². The van der Waals surface area contributed by atoms with Crippen LogP contribution in [0.15, 0.2) is 29.7 Å². The predicted molar refractivity (Wildman–Crippen MR) is 91.4 cm³/mol. The molecule has 1 aliphatic carbocycles. The van der Waals surface area contributed by atoms with Crippen molar-refractivity contribution >= 4 is 17.7 Å². The van der Waals surface area contributed by atoms with Crippen LogP contribution in [0, 0.1) is 0 Å². The number of fused-ring (bicyclic) bond motifs is 1. The third kappa shape index (κ3) is 3.93. The van der Waals surface area contributed by atoms with E-state index in [1.54, 1.807) is 6.33 Å². The number of hydrogen-bond acceptors (Lipinski definition) is 4. The van der Waals surface area contributed by atoms with Crippen LogP contribution < -0.4 is 5.32 Å². The molecule has 2 aromatic rings. The highest BCUT2D eigenvalue weighted by Crippen LogP contribution is 2.25. The average Bonchev–Trinajstić information content (AvgIpc) is 2.97. The van der Waals surface area contributed by atoms with Gasteiger partial charge in [0, 0.05) is 7.05 Å². The number of thioether (sulfide) groups is 1. The molecule has 5 nitrogen and oxygen atoms in total. The lowest BCUT2D eigenvalue weighted by Crippen LogP contribution is -2.28. The number of hydrogen-bond donors (Lipinski definition) is 1. The molecule has 0 aliphatic heterocycles. The Hall–Kier alpha value is -1.82. The number of aryl methyl sites for hydroxylation is 3. The highest BCUT2D eigenvalue weighted by atomic mass is 32.2. The molecule has 1 aliphatic rings. The molecule has 23 heavy (non-hydrogen) atoms. The normalized spacial score (nSPS) is 15.0. The summed E-state index contributed by atoms with van der Waals surface area (Å²) in [4.78, 5) is 12.1. The average molecular weight is 330 g/mol. The number of nitrogens with zero attached hydrogens (tertiary/aromatic N) is 3. The van der Waals surface area contributed by atoms with Gasteiger partial charge in [0.15, 0.2) is 5.16 Å². The predicted octanol–water partition coefficient (Wildman–Crippen LogP) is 2.66. The zero-order valence-electron chi connectivity index (χ0n) is 13.6. The van der Waals surface area contributed by atoms with Gasteiger partial charge in [-0.05, 0) is 49.3 Å². The molecule has 1 atom stereocenters. The smallest absolute Gasteiger partial charge is 0.230 e. The SMILES string of the molecule is CC(NC(=O)CSc1nncn1C)c1ccc2c(c1)CCCC2. The van der Waals surface area contributed by atoms with Gasteiger partial charge in [-0.25, -0.2) is 0 Å². The minimum absolute atomic E-state index is 0.0169. The van der Waals surface area contributed by atoms with Crippen molar-refractivity contribution in [2.24, 2.45) is 7.05 Å². The van der Waals surface area contributed by atoms with Gasteiger partial charge in [0.1, 0.15) is 6.33 Å². The summed E-state index contributed by atoms with van der Waals surface area (Å²) in [6.07, 6.45) is 6.54. The molecule has 0 saturated carbocycles. The first-order chi connectivity index (χ1) is 11.1. The molecule has 0 spiro atoms. The Bertz CT molecular complexity index is 698. The third-order valence-corrected chi connectivity index (χ3v) is 5.29. The second kappa shape index (κ2) is 7.17. The van der Waals surface area contributed by atoms with Gasteiger partial charge in [-0.2, -0.15) is 0 Å². The molecule has 1 aromatic carbocycles. The number of carbonyl (C=O) groups is 1. The summed E-state index contributed by atoms with van der Waals surface area (Å²) in [5.74, 6) is 0.366. The van der Waals surface area contributed by atoms with E-state index in [0.717, 1.165) is 11.6 Å². The first-order valence-electron chi connectivity index (χ1n) is 8.01. The molecule has 1 unspecified atom stereocenters. The second-order valence-corrected chi connectivity index (χ2v) is 6.98. The largest absolute Gasteiger partial charge is 0.349 e. The topological polar surface area (TPSA) is 59.8 Å². The van der Waals surface area contributed by atoms with Crippen LogP contribution in [0.2, 0.25) is 0 Å². The molecule has 3 rings (SSSR count). The molecule has 0 saturated heterocycles. The molecular formula is C17H22N4OS. The maximum atomic E-state index is 12.1. The molecule has 0 fully saturated rings. The Balaban J connectivity index is 1.57. The molecule has 6 heteroatoms.